The number of aromatic nitrogens is 1. The number of rotatable bonds is 4. The molecule has 0 spiro atoms. The fourth-order valence-electron chi connectivity index (χ4n) is 1.75. The molecule has 0 saturated carbocycles. The standard InChI is InChI=1S/C15H12ClF3N4OS/c1-8(24)9-2-4-11(5-3-9)21-14(25)23-22-13-12(16)6-10(7-20-13)15(17,18)19/h2-7H,1H3,(H,20,22)(H2,21,23,25). The third-order valence-electron chi connectivity index (χ3n) is 3.01. The van der Waals surface area contributed by atoms with E-state index < -0.39 is 11.7 Å². The molecule has 5 nitrogen and oxygen atoms in total. The van der Waals surface area contributed by atoms with E-state index in [2.05, 4.69) is 21.2 Å². The molecular formula is C15H12ClF3N4OS. The Labute approximate surface area is 151 Å². The smallest absolute Gasteiger partial charge is 0.331 e. The number of halogens is 4. The van der Waals surface area contributed by atoms with E-state index in [9.17, 15) is 18.0 Å². The molecule has 1 aromatic carbocycles. The normalized spacial score (nSPS) is 10.9. The van der Waals surface area contributed by atoms with Crippen LogP contribution in [-0.4, -0.2) is 15.9 Å². The number of pyridine rings is 1. The summed E-state index contributed by atoms with van der Waals surface area (Å²) in [6.07, 6.45) is -3.86. The molecule has 0 aliphatic rings. The number of hydrazine groups is 1. The molecule has 0 aliphatic heterocycles. The summed E-state index contributed by atoms with van der Waals surface area (Å²) in [5.74, 6) is -0.0670. The van der Waals surface area contributed by atoms with Crippen LogP contribution >= 0.6 is 23.8 Å². The van der Waals surface area contributed by atoms with Crippen LogP contribution in [0.15, 0.2) is 36.5 Å². The number of Topliss-reactive ketones (excluding diaryl/α,β-unsaturated/α-hetero) is 1. The molecule has 0 fully saturated rings. The van der Waals surface area contributed by atoms with Crippen molar-refractivity contribution in [3.05, 3.63) is 52.7 Å². The number of nitrogens with zero attached hydrogens (tertiary/aromatic N) is 1. The maximum atomic E-state index is 12.5. The molecule has 0 radical (unpaired) electrons. The number of carbonyl (C=O) groups is 1. The highest BCUT2D eigenvalue weighted by molar-refractivity contribution is 7.80. The Balaban J connectivity index is 1.94. The first kappa shape index (κ1) is 18.9. The van der Waals surface area contributed by atoms with Crippen molar-refractivity contribution in [3.8, 4) is 0 Å². The molecule has 0 unspecified atom stereocenters. The van der Waals surface area contributed by atoms with Gasteiger partial charge in [-0.3, -0.25) is 15.6 Å². The van der Waals surface area contributed by atoms with Gasteiger partial charge < -0.3 is 5.32 Å². The van der Waals surface area contributed by atoms with Gasteiger partial charge in [0.15, 0.2) is 16.7 Å². The lowest BCUT2D eigenvalue weighted by Gasteiger charge is -2.14. The molecule has 1 heterocycles. The first-order chi connectivity index (χ1) is 11.7. The van der Waals surface area contributed by atoms with E-state index in [0.717, 1.165) is 6.07 Å². The lowest BCUT2D eigenvalue weighted by atomic mass is 10.1. The summed E-state index contributed by atoms with van der Waals surface area (Å²) in [6.45, 7) is 1.46. The molecule has 2 rings (SSSR count). The first-order valence-corrected chi connectivity index (χ1v) is 7.62. The van der Waals surface area contributed by atoms with Crippen LogP contribution in [0.3, 0.4) is 0 Å². The second-order valence-corrected chi connectivity index (χ2v) is 5.71. The summed E-state index contributed by atoms with van der Waals surface area (Å²) < 4.78 is 37.6. The van der Waals surface area contributed by atoms with Crippen LogP contribution in [0.2, 0.25) is 5.02 Å². The molecule has 0 atom stereocenters. The summed E-state index contributed by atoms with van der Waals surface area (Å²) in [4.78, 5) is 14.8. The van der Waals surface area contributed by atoms with Crippen LogP contribution < -0.4 is 16.2 Å². The molecule has 0 saturated heterocycles. The molecule has 0 aliphatic carbocycles. The predicted octanol–water partition coefficient (Wildman–Crippen LogP) is 4.27. The zero-order valence-electron chi connectivity index (χ0n) is 12.7. The van der Waals surface area contributed by atoms with Crippen molar-refractivity contribution in [1.29, 1.82) is 0 Å². The predicted molar refractivity (Wildman–Crippen MR) is 93.7 cm³/mol. The lowest BCUT2D eigenvalue weighted by Crippen LogP contribution is -2.33. The zero-order valence-corrected chi connectivity index (χ0v) is 14.3. The van der Waals surface area contributed by atoms with E-state index in [4.69, 9.17) is 23.8 Å². The minimum Gasteiger partial charge on any atom is -0.331 e. The Morgan fingerprint density at radius 1 is 1.24 bits per heavy atom. The quantitative estimate of drug-likeness (QED) is 0.413. The number of hydrogen-bond donors (Lipinski definition) is 3. The Kier molecular flexibility index (Phi) is 5.81. The van der Waals surface area contributed by atoms with E-state index in [1.54, 1.807) is 24.3 Å². The highest BCUT2D eigenvalue weighted by Crippen LogP contribution is 2.32. The fraction of sp³-hybridized carbons (Fsp3) is 0.133. The summed E-state index contributed by atoms with van der Waals surface area (Å²) in [6, 6.07) is 7.35. The molecule has 10 heteroatoms. The Morgan fingerprint density at radius 2 is 1.88 bits per heavy atom. The summed E-state index contributed by atoms with van der Waals surface area (Å²) in [5.41, 5.74) is 5.31. The molecule has 132 valence electrons. The Hall–Kier alpha value is -2.39. The second kappa shape index (κ2) is 7.66. The molecule has 0 amide bonds. The highest BCUT2D eigenvalue weighted by Gasteiger charge is 2.31. The molecule has 0 bridgehead atoms. The first-order valence-electron chi connectivity index (χ1n) is 6.83. The van der Waals surface area contributed by atoms with Crippen molar-refractivity contribution in [2.45, 2.75) is 13.1 Å². The SMILES string of the molecule is CC(=O)c1ccc(NC(=S)NNc2ncc(C(F)(F)F)cc2Cl)cc1. The van der Waals surface area contributed by atoms with Gasteiger partial charge in [-0.1, -0.05) is 11.6 Å². The molecule has 3 N–H and O–H groups in total. The highest BCUT2D eigenvalue weighted by atomic mass is 35.5. The average Bonchev–Trinajstić information content (AvgIpc) is 2.53. The molecule has 2 aromatic rings. The monoisotopic (exact) mass is 388 g/mol. The number of nitrogens with one attached hydrogen (secondary N) is 3. The molecule has 25 heavy (non-hydrogen) atoms. The molecular weight excluding hydrogens is 377 g/mol. The van der Waals surface area contributed by atoms with Crippen molar-refractivity contribution < 1.29 is 18.0 Å². The van der Waals surface area contributed by atoms with E-state index in [-0.39, 0.29) is 21.7 Å². The van der Waals surface area contributed by atoms with E-state index in [1.807, 2.05) is 0 Å². The van der Waals surface area contributed by atoms with E-state index in [1.165, 1.54) is 6.92 Å². The summed E-state index contributed by atoms with van der Waals surface area (Å²) in [5, 5.41) is 2.75. The fourth-order valence-corrected chi connectivity index (χ4v) is 2.13. The largest absolute Gasteiger partial charge is 0.417 e. The van der Waals surface area contributed by atoms with Gasteiger partial charge in [-0.25, -0.2) is 4.98 Å². The van der Waals surface area contributed by atoms with Crippen molar-refractivity contribution >= 4 is 46.2 Å². The zero-order chi connectivity index (χ0) is 18.6. The van der Waals surface area contributed by atoms with Crippen molar-refractivity contribution in [3.63, 3.8) is 0 Å². The van der Waals surface area contributed by atoms with Gasteiger partial charge in [-0.2, -0.15) is 13.2 Å². The number of benzene rings is 1. The van der Waals surface area contributed by atoms with Gasteiger partial charge in [-0.05, 0) is 49.5 Å². The lowest BCUT2D eigenvalue weighted by molar-refractivity contribution is -0.137. The summed E-state index contributed by atoms with van der Waals surface area (Å²) in [7, 11) is 0. The number of anilines is 2. The minimum atomic E-state index is -4.52. The van der Waals surface area contributed by atoms with Crippen molar-refractivity contribution in [2.75, 3.05) is 10.7 Å². The Morgan fingerprint density at radius 3 is 2.40 bits per heavy atom. The minimum absolute atomic E-state index is 0.00857. The van der Waals surface area contributed by atoms with Crippen LogP contribution in [-0.2, 0) is 6.18 Å². The Bertz CT molecular complexity index is 796. The number of alkyl halides is 3. The maximum absolute atomic E-state index is 12.5. The van der Waals surface area contributed by atoms with Gasteiger partial charge in [0.25, 0.3) is 0 Å². The van der Waals surface area contributed by atoms with E-state index >= 15 is 0 Å². The third-order valence-corrected chi connectivity index (χ3v) is 3.50. The topological polar surface area (TPSA) is 66.1 Å². The van der Waals surface area contributed by atoms with Crippen LogP contribution in [0.5, 0.6) is 0 Å². The number of thiocarbonyl (C=S) groups is 1. The van der Waals surface area contributed by atoms with Gasteiger partial charge in [0.1, 0.15) is 0 Å². The number of carbonyl (C=O) groups excluding carboxylic acids is 1. The van der Waals surface area contributed by atoms with E-state index in [0.29, 0.717) is 17.4 Å². The van der Waals surface area contributed by atoms with Crippen LogP contribution in [0, 0.1) is 0 Å². The van der Waals surface area contributed by atoms with Gasteiger partial charge >= 0.3 is 6.18 Å². The average molecular weight is 389 g/mol. The van der Waals surface area contributed by atoms with Crippen LogP contribution in [0.25, 0.3) is 0 Å². The van der Waals surface area contributed by atoms with Gasteiger partial charge in [0.2, 0.25) is 0 Å². The van der Waals surface area contributed by atoms with Gasteiger partial charge in [0, 0.05) is 17.4 Å². The number of ketones is 1. The van der Waals surface area contributed by atoms with Crippen molar-refractivity contribution in [2.24, 2.45) is 0 Å². The van der Waals surface area contributed by atoms with Crippen LogP contribution in [0.1, 0.15) is 22.8 Å². The molecule has 1 aromatic heterocycles. The van der Waals surface area contributed by atoms with Crippen molar-refractivity contribution in [1.82, 2.24) is 10.4 Å². The summed E-state index contributed by atoms with van der Waals surface area (Å²) >= 11 is 10.8. The number of hydrogen-bond acceptors (Lipinski definition) is 4. The second-order valence-electron chi connectivity index (χ2n) is 4.89. The van der Waals surface area contributed by atoms with Gasteiger partial charge in [-0.15, -0.1) is 0 Å². The van der Waals surface area contributed by atoms with Crippen LogP contribution in [0.4, 0.5) is 24.7 Å². The maximum Gasteiger partial charge on any atom is 0.417 e. The van der Waals surface area contributed by atoms with Gasteiger partial charge in [0.05, 0.1) is 10.6 Å². The third kappa shape index (κ3) is 5.30.